The van der Waals surface area contributed by atoms with Gasteiger partial charge in [-0.1, -0.05) is 40.9 Å². The third kappa shape index (κ3) is 3.81. The van der Waals surface area contributed by atoms with Crippen LogP contribution >= 0.6 is 15.9 Å². The Morgan fingerprint density at radius 2 is 2.11 bits per heavy atom. The molecule has 100 valence electrons. The van der Waals surface area contributed by atoms with E-state index in [0.717, 1.165) is 17.4 Å². The fourth-order valence-corrected chi connectivity index (χ4v) is 3.30. The number of nitrogens with zero attached hydrogens (tertiary/aromatic N) is 1. The number of benzene rings is 1. The summed E-state index contributed by atoms with van der Waals surface area (Å²) in [5.74, 6) is 0. The first-order chi connectivity index (χ1) is 8.66. The molecule has 0 heterocycles. The van der Waals surface area contributed by atoms with Gasteiger partial charge in [0.05, 0.1) is 0 Å². The first-order valence-corrected chi connectivity index (χ1v) is 7.66. The van der Waals surface area contributed by atoms with Crippen molar-refractivity contribution in [2.45, 2.75) is 44.2 Å². The molecule has 0 amide bonds. The van der Waals surface area contributed by atoms with Crippen molar-refractivity contribution in [1.29, 1.82) is 0 Å². The zero-order valence-electron chi connectivity index (χ0n) is 11.1. The minimum Gasteiger partial charge on any atom is -0.326 e. The van der Waals surface area contributed by atoms with Crippen LogP contribution in [0.3, 0.4) is 0 Å². The molecule has 2 atom stereocenters. The number of hydrogen-bond donors (Lipinski definition) is 1. The van der Waals surface area contributed by atoms with Crippen molar-refractivity contribution in [3.8, 4) is 0 Å². The Kier molecular flexibility index (Phi) is 5.22. The normalized spacial score (nSPS) is 24.4. The van der Waals surface area contributed by atoms with E-state index in [9.17, 15) is 0 Å². The number of likely N-dealkylation sites (N-methyl/N-ethyl adjacent to an activating group) is 1. The summed E-state index contributed by atoms with van der Waals surface area (Å²) in [5, 5.41) is 0. The molecule has 3 heteroatoms. The summed E-state index contributed by atoms with van der Waals surface area (Å²) in [6.07, 6.45) is 6.18. The average Bonchev–Trinajstić information content (AvgIpc) is 2.37. The molecule has 1 aromatic rings. The second kappa shape index (κ2) is 6.69. The van der Waals surface area contributed by atoms with E-state index >= 15 is 0 Å². The summed E-state index contributed by atoms with van der Waals surface area (Å²) in [5.41, 5.74) is 7.61. The molecule has 2 rings (SSSR count). The lowest BCUT2D eigenvalue weighted by atomic mass is 9.90. The van der Waals surface area contributed by atoms with Crippen molar-refractivity contribution in [2.24, 2.45) is 5.73 Å². The van der Waals surface area contributed by atoms with Crippen LogP contribution in [0.1, 0.15) is 31.2 Å². The molecular weight excluding hydrogens is 288 g/mol. The molecule has 0 aromatic heterocycles. The van der Waals surface area contributed by atoms with Crippen LogP contribution in [-0.2, 0) is 6.42 Å². The Morgan fingerprint density at radius 1 is 1.33 bits per heavy atom. The van der Waals surface area contributed by atoms with Gasteiger partial charge in [-0.3, -0.25) is 0 Å². The van der Waals surface area contributed by atoms with E-state index in [1.54, 1.807) is 0 Å². The summed E-state index contributed by atoms with van der Waals surface area (Å²) >= 11 is 3.52. The van der Waals surface area contributed by atoms with Gasteiger partial charge in [-0.05, 0) is 44.0 Å². The molecule has 2 N–H and O–H groups in total. The highest BCUT2D eigenvalue weighted by molar-refractivity contribution is 9.10. The molecule has 0 spiro atoms. The van der Waals surface area contributed by atoms with Crippen molar-refractivity contribution in [2.75, 3.05) is 13.6 Å². The summed E-state index contributed by atoms with van der Waals surface area (Å²) in [7, 11) is 2.22. The van der Waals surface area contributed by atoms with Crippen LogP contribution in [0.25, 0.3) is 0 Å². The minimum atomic E-state index is 0.367. The van der Waals surface area contributed by atoms with Crippen LogP contribution in [0.5, 0.6) is 0 Å². The van der Waals surface area contributed by atoms with E-state index in [1.807, 2.05) is 0 Å². The fourth-order valence-electron chi connectivity index (χ4n) is 2.85. The Morgan fingerprint density at radius 3 is 2.83 bits per heavy atom. The standard InChI is InChI=1S/C15H23BrN2/c1-18(15-8-3-2-7-14(15)17)10-9-12-5-4-6-13(16)11-12/h4-6,11,14-15H,2-3,7-10,17H2,1H3. The number of halogens is 1. The third-order valence-corrected chi connectivity index (χ3v) is 4.48. The van der Waals surface area contributed by atoms with Crippen LogP contribution in [0.4, 0.5) is 0 Å². The van der Waals surface area contributed by atoms with Crippen molar-refractivity contribution < 1.29 is 0 Å². The minimum absolute atomic E-state index is 0.367. The van der Waals surface area contributed by atoms with Gasteiger partial charge in [-0.15, -0.1) is 0 Å². The van der Waals surface area contributed by atoms with Gasteiger partial charge in [0.25, 0.3) is 0 Å². The molecule has 1 saturated carbocycles. The second-order valence-corrected chi connectivity index (χ2v) is 6.29. The largest absolute Gasteiger partial charge is 0.326 e. The van der Waals surface area contributed by atoms with E-state index in [4.69, 9.17) is 5.73 Å². The molecule has 1 aliphatic carbocycles. The monoisotopic (exact) mass is 310 g/mol. The van der Waals surface area contributed by atoms with Gasteiger partial charge in [0.15, 0.2) is 0 Å². The molecule has 18 heavy (non-hydrogen) atoms. The maximum absolute atomic E-state index is 6.22. The van der Waals surface area contributed by atoms with Gasteiger partial charge >= 0.3 is 0 Å². The lowest BCUT2D eigenvalue weighted by Crippen LogP contribution is -2.48. The first-order valence-electron chi connectivity index (χ1n) is 6.87. The molecule has 2 unspecified atom stereocenters. The summed E-state index contributed by atoms with van der Waals surface area (Å²) in [4.78, 5) is 2.45. The molecule has 2 nitrogen and oxygen atoms in total. The highest BCUT2D eigenvalue weighted by atomic mass is 79.9. The van der Waals surface area contributed by atoms with Gasteiger partial charge in [0, 0.05) is 23.1 Å². The van der Waals surface area contributed by atoms with Crippen molar-refractivity contribution in [1.82, 2.24) is 4.90 Å². The Labute approximate surface area is 119 Å². The molecule has 1 fully saturated rings. The van der Waals surface area contributed by atoms with E-state index < -0.39 is 0 Å². The highest BCUT2D eigenvalue weighted by Crippen LogP contribution is 2.21. The zero-order chi connectivity index (χ0) is 13.0. The van der Waals surface area contributed by atoms with Gasteiger partial charge in [-0.2, -0.15) is 0 Å². The second-order valence-electron chi connectivity index (χ2n) is 5.38. The predicted molar refractivity (Wildman–Crippen MR) is 80.7 cm³/mol. The van der Waals surface area contributed by atoms with Gasteiger partial charge in [-0.25, -0.2) is 0 Å². The Balaban J connectivity index is 1.85. The highest BCUT2D eigenvalue weighted by Gasteiger charge is 2.24. The maximum atomic E-state index is 6.22. The van der Waals surface area contributed by atoms with Crippen LogP contribution in [-0.4, -0.2) is 30.6 Å². The van der Waals surface area contributed by atoms with E-state index in [-0.39, 0.29) is 0 Å². The number of nitrogens with two attached hydrogens (primary N) is 1. The molecular formula is C15H23BrN2. The van der Waals surface area contributed by atoms with Crippen LogP contribution in [0, 0.1) is 0 Å². The molecule has 0 aliphatic heterocycles. The molecule has 0 saturated heterocycles. The summed E-state index contributed by atoms with van der Waals surface area (Å²) in [6, 6.07) is 9.52. The molecule has 0 bridgehead atoms. The van der Waals surface area contributed by atoms with Crippen LogP contribution in [0.2, 0.25) is 0 Å². The van der Waals surface area contributed by atoms with Crippen molar-refractivity contribution >= 4 is 15.9 Å². The summed E-state index contributed by atoms with van der Waals surface area (Å²) in [6.45, 7) is 1.09. The Hall–Kier alpha value is -0.380. The quantitative estimate of drug-likeness (QED) is 0.925. The van der Waals surface area contributed by atoms with Gasteiger partial charge < -0.3 is 10.6 Å². The van der Waals surface area contributed by atoms with Gasteiger partial charge in [0.2, 0.25) is 0 Å². The predicted octanol–water partition coefficient (Wildman–Crippen LogP) is 3.19. The van der Waals surface area contributed by atoms with Crippen molar-refractivity contribution in [3.05, 3.63) is 34.3 Å². The first kappa shape index (κ1) is 14.0. The van der Waals surface area contributed by atoms with Gasteiger partial charge in [0.1, 0.15) is 0 Å². The number of rotatable bonds is 4. The van der Waals surface area contributed by atoms with Crippen molar-refractivity contribution in [3.63, 3.8) is 0 Å². The molecule has 1 aliphatic rings. The molecule has 0 radical (unpaired) electrons. The van der Waals surface area contributed by atoms with E-state index in [0.29, 0.717) is 12.1 Å². The average molecular weight is 311 g/mol. The SMILES string of the molecule is CN(CCc1cccc(Br)c1)C1CCCCC1N. The topological polar surface area (TPSA) is 29.3 Å². The van der Waals surface area contributed by atoms with E-state index in [1.165, 1.54) is 31.2 Å². The smallest absolute Gasteiger partial charge is 0.0244 e. The zero-order valence-corrected chi connectivity index (χ0v) is 12.7. The van der Waals surface area contributed by atoms with E-state index in [2.05, 4.69) is 52.1 Å². The number of hydrogen-bond acceptors (Lipinski definition) is 2. The fraction of sp³-hybridized carbons (Fsp3) is 0.600. The molecule has 1 aromatic carbocycles. The maximum Gasteiger partial charge on any atom is 0.0244 e. The Bertz CT molecular complexity index is 381. The third-order valence-electron chi connectivity index (χ3n) is 3.99. The van der Waals surface area contributed by atoms with Crippen LogP contribution < -0.4 is 5.73 Å². The lowest BCUT2D eigenvalue weighted by Gasteiger charge is -2.36. The summed E-state index contributed by atoms with van der Waals surface area (Å²) < 4.78 is 1.16. The lowest BCUT2D eigenvalue weighted by molar-refractivity contribution is 0.171. The van der Waals surface area contributed by atoms with Crippen LogP contribution in [0.15, 0.2) is 28.7 Å².